The fraction of sp³-hybridized carbons (Fsp3) is 0.0769. The summed E-state index contributed by atoms with van der Waals surface area (Å²) in [6, 6.07) is 11.5. The van der Waals surface area contributed by atoms with Crippen LogP contribution in [0.5, 0.6) is 0 Å². The first-order chi connectivity index (χ1) is 8.47. The average molecular weight is 264 g/mol. The van der Waals surface area contributed by atoms with Gasteiger partial charge in [0, 0.05) is 0 Å². The molecule has 0 saturated heterocycles. The maximum absolute atomic E-state index is 12.9. The van der Waals surface area contributed by atoms with E-state index in [1.54, 1.807) is 12.1 Å². The Balaban J connectivity index is 2.30. The number of rotatable bonds is 3. The molecule has 0 radical (unpaired) electrons. The molecular weight excluding hydrogens is 253 g/mol. The van der Waals surface area contributed by atoms with E-state index in [1.807, 2.05) is 6.92 Å². The van der Waals surface area contributed by atoms with Crippen LogP contribution in [0.25, 0.3) is 4.72 Å². The number of nitrogens with zero attached hydrogens (tertiary/aromatic N) is 1. The van der Waals surface area contributed by atoms with Gasteiger partial charge in [0.2, 0.25) is 0 Å². The summed E-state index contributed by atoms with van der Waals surface area (Å²) in [6.07, 6.45) is 0. The molecule has 2 aromatic rings. The Morgan fingerprint density at radius 2 is 1.72 bits per heavy atom. The van der Waals surface area contributed by atoms with Gasteiger partial charge in [-0.2, -0.15) is 0 Å². The number of aryl methyl sites for hydroxylation is 1. The molecule has 18 heavy (non-hydrogen) atoms. The lowest BCUT2D eigenvalue weighted by Crippen LogP contribution is -1.97. The molecule has 0 bridgehead atoms. The monoisotopic (exact) mass is 264 g/mol. The SMILES string of the molecule is Cc1ccc(S(=O)(=O)[N-]c2cccc(F)c2)cc1. The van der Waals surface area contributed by atoms with E-state index in [9.17, 15) is 12.8 Å². The number of hydrogen-bond acceptors (Lipinski definition) is 2. The molecule has 5 heteroatoms. The maximum atomic E-state index is 12.9. The van der Waals surface area contributed by atoms with Crippen molar-refractivity contribution in [1.29, 1.82) is 0 Å². The Bertz CT molecular complexity index is 651. The highest BCUT2D eigenvalue weighted by molar-refractivity contribution is 7.94. The summed E-state index contributed by atoms with van der Waals surface area (Å²) in [6.45, 7) is 1.86. The Morgan fingerprint density at radius 1 is 1.06 bits per heavy atom. The summed E-state index contributed by atoms with van der Waals surface area (Å²) in [4.78, 5) is 0.0948. The zero-order valence-corrected chi connectivity index (χ0v) is 10.5. The van der Waals surface area contributed by atoms with Crippen molar-refractivity contribution in [3.05, 3.63) is 64.6 Å². The third kappa shape index (κ3) is 2.87. The van der Waals surface area contributed by atoms with Crippen molar-refractivity contribution in [3.8, 4) is 0 Å². The van der Waals surface area contributed by atoms with Gasteiger partial charge in [0.05, 0.1) is 4.90 Å². The van der Waals surface area contributed by atoms with E-state index >= 15 is 0 Å². The van der Waals surface area contributed by atoms with Crippen molar-refractivity contribution in [3.63, 3.8) is 0 Å². The van der Waals surface area contributed by atoms with Gasteiger partial charge < -0.3 is 4.72 Å². The van der Waals surface area contributed by atoms with Crippen LogP contribution in [-0.2, 0) is 10.0 Å². The van der Waals surface area contributed by atoms with Gasteiger partial charge in [-0.1, -0.05) is 29.8 Å². The van der Waals surface area contributed by atoms with Crippen molar-refractivity contribution in [1.82, 2.24) is 0 Å². The molecule has 0 fully saturated rings. The number of hydrogen-bond donors (Lipinski definition) is 0. The lowest BCUT2D eigenvalue weighted by Gasteiger charge is -2.21. The molecule has 0 aliphatic heterocycles. The van der Waals surface area contributed by atoms with E-state index in [-0.39, 0.29) is 10.6 Å². The zero-order valence-electron chi connectivity index (χ0n) is 9.67. The maximum Gasteiger partial charge on any atom is 0.123 e. The lowest BCUT2D eigenvalue weighted by molar-refractivity contribution is 0.603. The predicted molar refractivity (Wildman–Crippen MR) is 67.8 cm³/mol. The molecule has 0 heterocycles. The number of sulfonamides is 1. The van der Waals surface area contributed by atoms with Crippen molar-refractivity contribution in [2.45, 2.75) is 11.8 Å². The molecule has 3 nitrogen and oxygen atoms in total. The van der Waals surface area contributed by atoms with E-state index in [0.717, 1.165) is 11.6 Å². The number of benzene rings is 2. The average Bonchev–Trinajstić information content (AvgIpc) is 2.29. The zero-order chi connectivity index (χ0) is 13.2. The van der Waals surface area contributed by atoms with Crippen molar-refractivity contribution >= 4 is 15.7 Å². The van der Waals surface area contributed by atoms with Gasteiger partial charge in [-0.05, 0) is 31.2 Å². The quantitative estimate of drug-likeness (QED) is 0.851. The second-order valence-electron chi connectivity index (χ2n) is 3.86. The summed E-state index contributed by atoms with van der Waals surface area (Å²) in [5.41, 5.74) is 1.04. The Hall–Kier alpha value is -1.88. The third-order valence-electron chi connectivity index (χ3n) is 2.35. The molecule has 94 valence electrons. The van der Waals surface area contributed by atoms with E-state index in [1.165, 1.54) is 30.3 Å². The molecule has 0 amide bonds. The minimum Gasteiger partial charge on any atom is -0.573 e. The van der Waals surface area contributed by atoms with Crippen molar-refractivity contribution in [2.75, 3.05) is 0 Å². The second kappa shape index (κ2) is 4.78. The first kappa shape index (κ1) is 12.6. The van der Waals surface area contributed by atoms with Gasteiger partial charge in [0.25, 0.3) is 0 Å². The summed E-state index contributed by atoms with van der Waals surface area (Å²) in [5.74, 6) is -0.518. The first-order valence-corrected chi connectivity index (χ1v) is 6.72. The normalized spacial score (nSPS) is 11.2. The van der Waals surface area contributed by atoms with Gasteiger partial charge in [0.15, 0.2) is 0 Å². The minimum absolute atomic E-state index is 0.0792. The highest BCUT2D eigenvalue weighted by Gasteiger charge is 2.04. The van der Waals surface area contributed by atoms with Crippen LogP contribution >= 0.6 is 0 Å². The third-order valence-corrected chi connectivity index (χ3v) is 3.67. The summed E-state index contributed by atoms with van der Waals surface area (Å²) in [7, 11) is -3.79. The smallest absolute Gasteiger partial charge is 0.123 e. The largest absolute Gasteiger partial charge is 0.573 e. The molecular formula is C13H11FNO2S-. The molecule has 2 aromatic carbocycles. The highest BCUT2D eigenvalue weighted by Crippen LogP contribution is 2.27. The second-order valence-corrected chi connectivity index (χ2v) is 5.46. The summed E-state index contributed by atoms with van der Waals surface area (Å²) < 4.78 is 40.4. The molecule has 0 spiro atoms. The summed E-state index contributed by atoms with van der Waals surface area (Å²) >= 11 is 0. The van der Waals surface area contributed by atoms with Crippen LogP contribution in [0.4, 0.5) is 10.1 Å². The molecule has 0 aromatic heterocycles. The van der Waals surface area contributed by atoms with Crippen LogP contribution in [0.1, 0.15) is 5.56 Å². The van der Waals surface area contributed by atoms with Gasteiger partial charge in [0.1, 0.15) is 15.8 Å². The summed E-state index contributed by atoms with van der Waals surface area (Å²) in [5, 5.41) is 0. The molecule has 0 atom stereocenters. The van der Waals surface area contributed by atoms with Crippen LogP contribution < -0.4 is 0 Å². The molecule has 2 rings (SSSR count). The van der Waals surface area contributed by atoms with Crippen LogP contribution in [0.15, 0.2) is 53.4 Å². The molecule has 0 saturated carbocycles. The Kier molecular flexibility index (Phi) is 3.34. The van der Waals surface area contributed by atoms with Crippen LogP contribution in [0.2, 0.25) is 0 Å². The van der Waals surface area contributed by atoms with Crippen molar-refractivity contribution in [2.24, 2.45) is 0 Å². The van der Waals surface area contributed by atoms with Gasteiger partial charge in [-0.3, -0.25) is 0 Å². The topological polar surface area (TPSA) is 48.2 Å². The molecule has 0 aliphatic rings. The van der Waals surface area contributed by atoms with Crippen LogP contribution in [0.3, 0.4) is 0 Å². The lowest BCUT2D eigenvalue weighted by atomic mass is 10.2. The molecule has 0 aliphatic carbocycles. The van der Waals surface area contributed by atoms with E-state index in [2.05, 4.69) is 4.72 Å². The number of halogens is 1. The molecule has 0 N–H and O–H groups in total. The minimum atomic E-state index is -3.79. The van der Waals surface area contributed by atoms with E-state index < -0.39 is 15.8 Å². The first-order valence-electron chi connectivity index (χ1n) is 5.28. The standard InChI is InChI=1S/C13H11FNO2S/c1-10-5-7-13(8-6-10)18(16,17)15-12-4-2-3-11(14)9-12/h2-9H,1H3/q-1. The van der Waals surface area contributed by atoms with Crippen LogP contribution in [0, 0.1) is 12.7 Å². The van der Waals surface area contributed by atoms with Gasteiger partial charge in [-0.25, -0.2) is 12.8 Å². The predicted octanol–water partition coefficient (Wildman–Crippen LogP) is 3.53. The van der Waals surface area contributed by atoms with E-state index in [0.29, 0.717) is 0 Å². The van der Waals surface area contributed by atoms with Gasteiger partial charge in [-0.15, -0.1) is 5.69 Å². The van der Waals surface area contributed by atoms with Crippen molar-refractivity contribution < 1.29 is 12.8 Å². The molecule has 0 unspecified atom stereocenters. The fourth-order valence-corrected chi connectivity index (χ4v) is 2.41. The fourth-order valence-electron chi connectivity index (χ4n) is 1.43. The highest BCUT2D eigenvalue weighted by atomic mass is 32.2. The Morgan fingerprint density at radius 3 is 2.33 bits per heavy atom. The van der Waals surface area contributed by atoms with Crippen LogP contribution in [-0.4, -0.2) is 8.42 Å². The Labute approximate surface area is 105 Å². The van der Waals surface area contributed by atoms with Gasteiger partial charge >= 0.3 is 0 Å². The van der Waals surface area contributed by atoms with E-state index in [4.69, 9.17) is 0 Å².